The van der Waals surface area contributed by atoms with Crippen molar-refractivity contribution in [2.75, 3.05) is 18.1 Å². The third-order valence-corrected chi connectivity index (χ3v) is 5.83. The van der Waals surface area contributed by atoms with Crippen molar-refractivity contribution in [3.8, 4) is 0 Å². The predicted molar refractivity (Wildman–Crippen MR) is 85.1 cm³/mol. The predicted octanol–water partition coefficient (Wildman–Crippen LogP) is 1.94. The van der Waals surface area contributed by atoms with E-state index < -0.39 is 9.84 Å². The number of para-hydroxylation sites is 1. The summed E-state index contributed by atoms with van der Waals surface area (Å²) >= 11 is 0. The van der Waals surface area contributed by atoms with Gasteiger partial charge in [0.05, 0.1) is 17.0 Å². The molecule has 5 heteroatoms. The van der Waals surface area contributed by atoms with Gasteiger partial charge in [-0.2, -0.15) is 0 Å². The van der Waals surface area contributed by atoms with Gasteiger partial charge in [-0.05, 0) is 37.4 Å². The molecule has 1 aliphatic heterocycles. The van der Waals surface area contributed by atoms with Crippen LogP contribution in [0.2, 0.25) is 0 Å². The monoisotopic (exact) mass is 304 g/mol. The second kappa shape index (κ2) is 6.12. The first-order valence-corrected chi connectivity index (χ1v) is 9.23. The summed E-state index contributed by atoms with van der Waals surface area (Å²) in [6, 6.07) is 10.3. The summed E-state index contributed by atoms with van der Waals surface area (Å²) in [6.45, 7) is 0.788. The van der Waals surface area contributed by atoms with Crippen LogP contribution in [0.3, 0.4) is 0 Å². The number of fused-ring (bicyclic) bond motifs is 1. The van der Waals surface area contributed by atoms with E-state index in [1.807, 2.05) is 18.3 Å². The molecule has 1 aromatic carbocycles. The minimum atomic E-state index is -2.84. The molecule has 0 bridgehead atoms. The molecule has 112 valence electrons. The molecule has 1 N–H and O–H groups in total. The first-order chi connectivity index (χ1) is 10.1. The van der Waals surface area contributed by atoms with Gasteiger partial charge in [0.2, 0.25) is 0 Å². The van der Waals surface area contributed by atoms with Crippen LogP contribution in [0, 0.1) is 0 Å². The maximum absolute atomic E-state index is 11.6. The van der Waals surface area contributed by atoms with Gasteiger partial charge >= 0.3 is 0 Å². The maximum atomic E-state index is 11.6. The van der Waals surface area contributed by atoms with Gasteiger partial charge in [0, 0.05) is 17.6 Å². The van der Waals surface area contributed by atoms with E-state index in [0.717, 1.165) is 36.7 Å². The molecule has 0 amide bonds. The number of aromatic nitrogens is 1. The Balaban J connectivity index is 1.62. The van der Waals surface area contributed by atoms with Crippen LogP contribution in [-0.4, -0.2) is 37.5 Å². The average molecular weight is 304 g/mol. The molecular weight excluding hydrogens is 284 g/mol. The van der Waals surface area contributed by atoms with Crippen molar-refractivity contribution in [3.05, 3.63) is 42.1 Å². The van der Waals surface area contributed by atoms with Crippen molar-refractivity contribution in [2.24, 2.45) is 0 Å². The summed E-state index contributed by atoms with van der Waals surface area (Å²) in [5, 5.41) is 4.53. The Morgan fingerprint density at radius 1 is 1.24 bits per heavy atom. The third kappa shape index (κ3) is 3.60. The second-order valence-corrected chi connectivity index (χ2v) is 7.88. The van der Waals surface area contributed by atoms with Crippen LogP contribution in [-0.2, 0) is 16.3 Å². The lowest BCUT2D eigenvalue weighted by molar-refractivity contribution is 0.483. The van der Waals surface area contributed by atoms with E-state index in [4.69, 9.17) is 0 Å². The highest BCUT2D eigenvalue weighted by molar-refractivity contribution is 7.91. The lowest BCUT2D eigenvalue weighted by Crippen LogP contribution is -2.40. The number of sulfone groups is 1. The summed E-state index contributed by atoms with van der Waals surface area (Å²) in [6.07, 6.45) is 4.40. The van der Waals surface area contributed by atoms with Crippen LogP contribution >= 0.6 is 0 Å². The molecule has 0 spiro atoms. The SMILES string of the molecule is O=S1(=O)CCCC(NCCc2cccc3cccnc23)C1. The van der Waals surface area contributed by atoms with Crippen LogP contribution in [0.25, 0.3) is 10.9 Å². The van der Waals surface area contributed by atoms with E-state index >= 15 is 0 Å². The van der Waals surface area contributed by atoms with Crippen LogP contribution < -0.4 is 5.32 Å². The van der Waals surface area contributed by atoms with Gasteiger partial charge in [0.15, 0.2) is 9.84 Å². The molecule has 1 unspecified atom stereocenters. The lowest BCUT2D eigenvalue weighted by atomic mass is 10.1. The number of hydrogen-bond donors (Lipinski definition) is 1. The second-order valence-electron chi connectivity index (χ2n) is 5.65. The highest BCUT2D eigenvalue weighted by atomic mass is 32.2. The standard InChI is InChI=1S/C16H20N2O2S/c19-21(20)11-3-7-15(12-21)17-10-8-14-5-1-4-13-6-2-9-18-16(13)14/h1-2,4-6,9,15,17H,3,7-8,10-12H2. The molecule has 4 nitrogen and oxygen atoms in total. The fraction of sp³-hybridized carbons (Fsp3) is 0.438. The molecule has 1 fully saturated rings. The Hall–Kier alpha value is -1.46. The molecule has 0 saturated carbocycles. The van der Waals surface area contributed by atoms with Gasteiger partial charge in [-0.1, -0.05) is 24.3 Å². The zero-order valence-electron chi connectivity index (χ0n) is 12.0. The molecule has 2 heterocycles. The van der Waals surface area contributed by atoms with Crippen LogP contribution in [0.5, 0.6) is 0 Å². The minimum absolute atomic E-state index is 0.103. The molecule has 1 aromatic heterocycles. The van der Waals surface area contributed by atoms with Gasteiger partial charge in [-0.3, -0.25) is 4.98 Å². The summed E-state index contributed by atoms with van der Waals surface area (Å²) < 4.78 is 23.2. The molecule has 0 radical (unpaired) electrons. The Labute approximate surface area is 125 Å². The van der Waals surface area contributed by atoms with Gasteiger partial charge in [-0.15, -0.1) is 0 Å². The van der Waals surface area contributed by atoms with Crippen molar-refractivity contribution >= 4 is 20.7 Å². The van der Waals surface area contributed by atoms with E-state index in [9.17, 15) is 8.42 Å². The number of pyridine rings is 1. The number of rotatable bonds is 4. The Bertz CT molecular complexity index is 723. The topological polar surface area (TPSA) is 59.1 Å². The lowest BCUT2D eigenvalue weighted by Gasteiger charge is -2.23. The van der Waals surface area contributed by atoms with E-state index in [2.05, 4.69) is 28.5 Å². The fourth-order valence-corrected chi connectivity index (χ4v) is 4.63. The Morgan fingerprint density at radius 2 is 2.10 bits per heavy atom. The van der Waals surface area contributed by atoms with E-state index in [1.54, 1.807) is 0 Å². The molecule has 3 rings (SSSR count). The molecule has 1 aliphatic rings. The van der Waals surface area contributed by atoms with Crippen LogP contribution in [0.1, 0.15) is 18.4 Å². The van der Waals surface area contributed by atoms with Crippen molar-refractivity contribution in [3.63, 3.8) is 0 Å². The number of benzene rings is 1. The van der Waals surface area contributed by atoms with Crippen molar-refractivity contribution < 1.29 is 8.42 Å². The zero-order valence-corrected chi connectivity index (χ0v) is 12.8. The summed E-state index contributed by atoms with van der Waals surface area (Å²) in [4.78, 5) is 4.45. The van der Waals surface area contributed by atoms with Gasteiger partial charge in [0.25, 0.3) is 0 Å². The Morgan fingerprint density at radius 3 is 2.95 bits per heavy atom. The van der Waals surface area contributed by atoms with Gasteiger partial charge < -0.3 is 5.32 Å². The largest absolute Gasteiger partial charge is 0.313 e. The molecule has 2 aromatic rings. The van der Waals surface area contributed by atoms with Crippen molar-refractivity contribution in [1.82, 2.24) is 10.3 Å². The molecular formula is C16H20N2O2S. The summed E-state index contributed by atoms with van der Waals surface area (Å²) in [7, 11) is -2.84. The smallest absolute Gasteiger partial charge is 0.151 e. The molecule has 1 atom stereocenters. The van der Waals surface area contributed by atoms with E-state index in [-0.39, 0.29) is 11.8 Å². The quantitative estimate of drug-likeness (QED) is 0.938. The summed E-state index contributed by atoms with van der Waals surface area (Å²) in [5.41, 5.74) is 2.25. The third-order valence-electron chi connectivity index (χ3n) is 4.01. The zero-order chi connectivity index (χ0) is 14.7. The van der Waals surface area contributed by atoms with Gasteiger partial charge in [0.1, 0.15) is 0 Å². The first-order valence-electron chi connectivity index (χ1n) is 7.40. The first kappa shape index (κ1) is 14.5. The summed E-state index contributed by atoms with van der Waals surface area (Å²) in [5.74, 6) is 0.624. The van der Waals surface area contributed by atoms with Gasteiger partial charge in [-0.25, -0.2) is 8.42 Å². The number of nitrogens with one attached hydrogen (secondary N) is 1. The van der Waals surface area contributed by atoms with E-state index in [0.29, 0.717) is 5.75 Å². The highest BCUT2D eigenvalue weighted by Gasteiger charge is 2.23. The average Bonchev–Trinajstić information content (AvgIpc) is 2.46. The number of nitrogens with zero attached hydrogens (tertiary/aromatic N) is 1. The highest BCUT2D eigenvalue weighted by Crippen LogP contribution is 2.16. The van der Waals surface area contributed by atoms with Crippen molar-refractivity contribution in [2.45, 2.75) is 25.3 Å². The fourth-order valence-electron chi connectivity index (χ4n) is 2.96. The Kier molecular flexibility index (Phi) is 4.22. The van der Waals surface area contributed by atoms with Crippen LogP contribution in [0.15, 0.2) is 36.5 Å². The molecule has 21 heavy (non-hydrogen) atoms. The minimum Gasteiger partial charge on any atom is -0.313 e. The van der Waals surface area contributed by atoms with Crippen molar-refractivity contribution in [1.29, 1.82) is 0 Å². The van der Waals surface area contributed by atoms with Crippen LogP contribution in [0.4, 0.5) is 0 Å². The number of hydrogen-bond acceptors (Lipinski definition) is 4. The van der Waals surface area contributed by atoms with E-state index in [1.165, 1.54) is 5.56 Å². The molecule has 1 saturated heterocycles. The molecule has 0 aliphatic carbocycles. The normalized spacial score (nSPS) is 21.4. The maximum Gasteiger partial charge on any atom is 0.151 e.